The van der Waals surface area contributed by atoms with Crippen LogP contribution >= 0.6 is 0 Å². The number of ether oxygens (including phenoxy) is 1. The molecule has 0 saturated carbocycles. The highest BCUT2D eigenvalue weighted by atomic mass is 16.5. The van der Waals surface area contributed by atoms with Crippen LogP contribution in [0.3, 0.4) is 0 Å². The number of hydrogen-bond donors (Lipinski definition) is 1. The van der Waals surface area contributed by atoms with Gasteiger partial charge in [-0.25, -0.2) is 9.78 Å². The van der Waals surface area contributed by atoms with E-state index < -0.39 is 6.09 Å². The molecule has 5 nitrogen and oxygen atoms in total. The number of nitrogens with one attached hydrogen (secondary N) is 1. The molecule has 1 N–H and O–H groups in total. The van der Waals surface area contributed by atoms with Crippen LogP contribution in [0.25, 0.3) is 0 Å². The number of rotatable bonds is 6. The molecule has 0 radical (unpaired) electrons. The van der Waals surface area contributed by atoms with E-state index in [0.29, 0.717) is 18.1 Å². The summed E-state index contributed by atoms with van der Waals surface area (Å²) in [6, 6.07) is 3.46. The van der Waals surface area contributed by atoms with Crippen LogP contribution in [0.2, 0.25) is 0 Å². The predicted molar refractivity (Wildman–Crippen MR) is 86.2 cm³/mol. The standard InChI is InChI=1S/C16H21N3O2/c1-4-7-8-13(5-2)11-17-14-9-10-15(18-12-14)19-16(20)21-6-3/h5,7-12H,4,6H2,1-3H3,(H,18,19,20)/b8-7-,13-5+,17-11?. The number of amides is 1. The zero-order valence-electron chi connectivity index (χ0n) is 12.7. The van der Waals surface area contributed by atoms with Crippen LogP contribution in [0.15, 0.2) is 47.1 Å². The maximum absolute atomic E-state index is 11.2. The molecule has 0 saturated heterocycles. The quantitative estimate of drug-likeness (QED) is 0.628. The Labute approximate surface area is 125 Å². The van der Waals surface area contributed by atoms with Crippen molar-refractivity contribution in [2.75, 3.05) is 11.9 Å². The van der Waals surface area contributed by atoms with Gasteiger partial charge in [-0.2, -0.15) is 0 Å². The van der Waals surface area contributed by atoms with Crippen molar-refractivity contribution in [3.05, 3.63) is 42.1 Å². The monoisotopic (exact) mass is 287 g/mol. The lowest BCUT2D eigenvalue weighted by Crippen LogP contribution is -2.13. The molecule has 0 spiro atoms. The van der Waals surface area contributed by atoms with Gasteiger partial charge in [0.15, 0.2) is 0 Å². The van der Waals surface area contributed by atoms with E-state index in [4.69, 9.17) is 4.74 Å². The van der Waals surface area contributed by atoms with Gasteiger partial charge in [0.1, 0.15) is 5.82 Å². The first kappa shape index (κ1) is 16.6. The molecule has 5 heteroatoms. The smallest absolute Gasteiger partial charge is 0.412 e. The van der Waals surface area contributed by atoms with Crippen LogP contribution in [-0.2, 0) is 4.74 Å². The summed E-state index contributed by atoms with van der Waals surface area (Å²) < 4.78 is 4.77. The fourth-order valence-electron chi connectivity index (χ4n) is 1.42. The summed E-state index contributed by atoms with van der Waals surface area (Å²) >= 11 is 0. The Hall–Kier alpha value is -2.43. The molecule has 21 heavy (non-hydrogen) atoms. The molecule has 0 fully saturated rings. The topological polar surface area (TPSA) is 63.6 Å². The Morgan fingerprint density at radius 3 is 2.81 bits per heavy atom. The average Bonchev–Trinajstić information content (AvgIpc) is 2.49. The van der Waals surface area contributed by atoms with Gasteiger partial charge < -0.3 is 4.74 Å². The van der Waals surface area contributed by atoms with Crippen LogP contribution in [0, 0.1) is 0 Å². The van der Waals surface area contributed by atoms with Crippen molar-refractivity contribution < 1.29 is 9.53 Å². The van der Waals surface area contributed by atoms with Crippen LogP contribution in [-0.4, -0.2) is 23.9 Å². The number of aliphatic imine (C=N–C) groups is 1. The van der Waals surface area contributed by atoms with Crippen molar-refractivity contribution in [2.45, 2.75) is 27.2 Å². The number of anilines is 1. The first-order chi connectivity index (χ1) is 10.2. The number of aromatic nitrogens is 1. The maximum atomic E-state index is 11.2. The second kappa shape index (κ2) is 9.47. The summed E-state index contributed by atoms with van der Waals surface area (Å²) in [7, 11) is 0. The first-order valence-electron chi connectivity index (χ1n) is 6.96. The fraction of sp³-hybridized carbons (Fsp3) is 0.312. The van der Waals surface area contributed by atoms with Crippen molar-refractivity contribution >= 4 is 23.8 Å². The molecule has 1 aromatic rings. The zero-order chi connectivity index (χ0) is 15.5. The SMILES string of the molecule is C/C=C(C=Nc1ccc(NC(=O)OCC)nc1)\C=C/CC. The molecule has 0 aliphatic heterocycles. The molecule has 112 valence electrons. The predicted octanol–water partition coefficient (Wildman–Crippen LogP) is 4.26. The fourth-order valence-corrected chi connectivity index (χ4v) is 1.42. The first-order valence-corrected chi connectivity index (χ1v) is 6.96. The van der Waals surface area contributed by atoms with Crippen molar-refractivity contribution in [1.82, 2.24) is 4.98 Å². The van der Waals surface area contributed by atoms with Crippen LogP contribution in [0.1, 0.15) is 27.2 Å². The molecule has 1 rings (SSSR count). The van der Waals surface area contributed by atoms with Crippen LogP contribution < -0.4 is 5.32 Å². The van der Waals surface area contributed by atoms with Gasteiger partial charge in [0.05, 0.1) is 18.5 Å². The van der Waals surface area contributed by atoms with Gasteiger partial charge in [0.2, 0.25) is 0 Å². The Morgan fingerprint density at radius 1 is 1.43 bits per heavy atom. The molecule has 1 amide bonds. The molecular formula is C16H21N3O2. The summed E-state index contributed by atoms with van der Waals surface area (Å²) in [5.74, 6) is 0.435. The van der Waals surface area contributed by atoms with Gasteiger partial charge in [-0.3, -0.25) is 10.3 Å². The molecule has 0 unspecified atom stereocenters. The Balaban J connectivity index is 2.66. The highest BCUT2D eigenvalue weighted by Crippen LogP contribution is 2.13. The van der Waals surface area contributed by atoms with Gasteiger partial charge in [0.25, 0.3) is 0 Å². The van der Waals surface area contributed by atoms with Gasteiger partial charge >= 0.3 is 6.09 Å². The van der Waals surface area contributed by atoms with E-state index in [-0.39, 0.29) is 0 Å². The Bertz CT molecular complexity index is 531. The number of carbonyl (C=O) groups is 1. The van der Waals surface area contributed by atoms with E-state index in [2.05, 4.69) is 28.3 Å². The van der Waals surface area contributed by atoms with Crippen LogP contribution in [0.4, 0.5) is 16.3 Å². The summed E-state index contributed by atoms with van der Waals surface area (Å²) in [4.78, 5) is 19.7. The second-order valence-corrected chi connectivity index (χ2v) is 4.10. The Morgan fingerprint density at radius 2 is 2.24 bits per heavy atom. The van der Waals surface area contributed by atoms with E-state index in [9.17, 15) is 4.79 Å². The number of pyridine rings is 1. The minimum atomic E-state index is -0.512. The third-order valence-corrected chi connectivity index (χ3v) is 2.50. The summed E-state index contributed by atoms with van der Waals surface area (Å²) in [6.45, 7) is 6.12. The van der Waals surface area contributed by atoms with Crippen LogP contribution in [0.5, 0.6) is 0 Å². The number of nitrogens with zero attached hydrogens (tertiary/aromatic N) is 2. The highest BCUT2D eigenvalue weighted by Gasteiger charge is 2.02. The minimum absolute atomic E-state index is 0.325. The van der Waals surface area contributed by atoms with E-state index in [1.54, 1.807) is 31.5 Å². The summed E-state index contributed by atoms with van der Waals surface area (Å²) in [5.41, 5.74) is 1.75. The zero-order valence-corrected chi connectivity index (χ0v) is 12.7. The van der Waals surface area contributed by atoms with Crippen molar-refractivity contribution in [1.29, 1.82) is 0 Å². The summed E-state index contributed by atoms with van der Waals surface area (Å²) in [5, 5.41) is 2.53. The average molecular weight is 287 g/mol. The highest BCUT2D eigenvalue weighted by molar-refractivity contribution is 5.85. The number of hydrogen-bond acceptors (Lipinski definition) is 4. The molecule has 0 bridgehead atoms. The lowest BCUT2D eigenvalue weighted by molar-refractivity contribution is 0.168. The van der Waals surface area contributed by atoms with E-state index in [1.807, 2.05) is 19.1 Å². The normalized spacial score (nSPS) is 12.0. The van der Waals surface area contributed by atoms with Crippen molar-refractivity contribution in [2.24, 2.45) is 4.99 Å². The molecular weight excluding hydrogens is 266 g/mol. The third-order valence-electron chi connectivity index (χ3n) is 2.50. The number of carbonyl (C=O) groups excluding carboxylic acids is 1. The minimum Gasteiger partial charge on any atom is -0.450 e. The Kier molecular flexibility index (Phi) is 7.50. The molecule has 1 heterocycles. The molecule has 0 atom stereocenters. The van der Waals surface area contributed by atoms with Crippen molar-refractivity contribution in [3.8, 4) is 0 Å². The lowest BCUT2D eigenvalue weighted by atomic mass is 10.2. The van der Waals surface area contributed by atoms with Gasteiger partial charge in [-0.05, 0) is 38.0 Å². The molecule has 0 aliphatic rings. The van der Waals surface area contributed by atoms with Crippen molar-refractivity contribution in [3.63, 3.8) is 0 Å². The van der Waals surface area contributed by atoms with E-state index in [0.717, 1.165) is 12.0 Å². The third kappa shape index (κ3) is 6.51. The van der Waals surface area contributed by atoms with Gasteiger partial charge in [-0.1, -0.05) is 25.2 Å². The number of allylic oxidation sites excluding steroid dienone is 4. The molecule has 1 aromatic heterocycles. The molecule has 0 aromatic carbocycles. The largest absolute Gasteiger partial charge is 0.450 e. The summed E-state index contributed by atoms with van der Waals surface area (Å²) in [6.07, 6.45) is 9.93. The van der Waals surface area contributed by atoms with E-state index >= 15 is 0 Å². The molecule has 0 aliphatic carbocycles. The lowest BCUT2D eigenvalue weighted by Gasteiger charge is -2.03. The van der Waals surface area contributed by atoms with E-state index in [1.165, 1.54) is 0 Å². The van der Waals surface area contributed by atoms with Gasteiger partial charge in [0, 0.05) is 6.21 Å². The van der Waals surface area contributed by atoms with Gasteiger partial charge in [-0.15, -0.1) is 0 Å². The maximum Gasteiger partial charge on any atom is 0.412 e. The second-order valence-electron chi connectivity index (χ2n) is 4.10.